The summed E-state index contributed by atoms with van der Waals surface area (Å²) >= 11 is 0. The molecule has 0 aliphatic heterocycles. The minimum atomic E-state index is -0.412. The Bertz CT molecular complexity index is 547. The predicted octanol–water partition coefficient (Wildman–Crippen LogP) is 2.46. The molecule has 6 nitrogen and oxygen atoms in total. The van der Waals surface area contributed by atoms with Gasteiger partial charge in [0.15, 0.2) is 0 Å². The minimum absolute atomic E-state index is 0.000464. The molecule has 0 heterocycles. The van der Waals surface area contributed by atoms with Crippen molar-refractivity contribution in [1.29, 1.82) is 0 Å². The fourth-order valence-corrected chi connectivity index (χ4v) is 3.04. The van der Waals surface area contributed by atoms with Gasteiger partial charge >= 0.3 is 0 Å². The highest BCUT2D eigenvalue weighted by atomic mass is 16.6. The number of hydrogen-bond donors (Lipinski definition) is 1. The molecule has 1 aromatic rings. The molecule has 0 bridgehead atoms. The Morgan fingerprint density at radius 2 is 2.05 bits per heavy atom. The first-order valence-electron chi connectivity index (χ1n) is 7.71. The average molecular weight is 305 g/mol. The molecule has 22 heavy (non-hydrogen) atoms. The predicted molar refractivity (Wildman–Crippen MR) is 84.1 cm³/mol. The van der Waals surface area contributed by atoms with Crippen LogP contribution in [0.5, 0.6) is 0 Å². The highest BCUT2D eigenvalue weighted by Crippen LogP contribution is 2.26. The second-order valence-electron chi connectivity index (χ2n) is 6.05. The van der Waals surface area contributed by atoms with Gasteiger partial charge < -0.3 is 10.6 Å². The van der Waals surface area contributed by atoms with Crippen molar-refractivity contribution in [2.45, 2.75) is 44.7 Å². The van der Waals surface area contributed by atoms with Crippen LogP contribution in [0.3, 0.4) is 0 Å². The Labute approximate surface area is 130 Å². The molecule has 1 fully saturated rings. The van der Waals surface area contributed by atoms with Gasteiger partial charge in [0.05, 0.1) is 11.5 Å². The Kier molecular flexibility index (Phi) is 5.49. The fourth-order valence-electron chi connectivity index (χ4n) is 3.04. The summed E-state index contributed by atoms with van der Waals surface area (Å²) < 4.78 is 0. The zero-order valence-electron chi connectivity index (χ0n) is 12.9. The molecule has 0 spiro atoms. The van der Waals surface area contributed by atoms with Gasteiger partial charge in [-0.2, -0.15) is 0 Å². The van der Waals surface area contributed by atoms with Crippen LogP contribution >= 0.6 is 0 Å². The van der Waals surface area contributed by atoms with E-state index in [-0.39, 0.29) is 30.1 Å². The molecule has 1 aromatic carbocycles. The summed E-state index contributed by atoms with van der Waals surface area (Å²) in [6.45, 7) is 0.248. The van der Waals surface area contributed by atoms with Crippen molar-refractivity contribution in [2.24, 2.45) is 11.7 Å². The van der Waals surface area contributed by atoms with Crippen LogP contribution in [0.4, 0.5) is 5.69 Å². The first kappa shape index (κ1) is 16.4. The lowest BCUT2D eigenvalue weighted by molar-refractivity contribution is -0.385. The number of amides is 1. The van der Waals surface area contributed by atoms with Gasteiger partial charge in [-0.25, -0.2) is 0 Å². The molecule has 1 saturated carbocycles. The van der Waals surface area contributed by atoms with Crippen LogP contribution in [-0.2, 0) is 11.3 Å². The Hall–Kier alpha value is -1.95. The minimum Gasteiger partial charge on any atom is -0.341 e. The van der Waals surface area contributed by atoms with Crippen LogP contribution in [0.2, 0.25) is 0 Å². The largest absolute Gasteiger partial charge is 0.341 e. The maximum atomic E-state index is 12.3. The van der Waals surface area contributed by atoms with Crippen LogP contribution in [0.15, 0.2) is 24.3 Å². The third-order valence-corrected chi connectivity index (χ3v) is 4.43. The van der Waals surface area contributed by atoms with E-state index in [1.54, 1.807) is 30.1 Å². The van der Waals surface area contributed by atoms with Crippen molar-refractivity contribution in [3.8, 4) is 0 Å². The SMILES string of the molecule is CN(Cc1ccccc1[N+](=O)[O-])C(=O)CC1CCCCC1N. The lowest BCUT2D eigenvalue weighted by Gasteiger charge is -2.29. The number of rotatable bonds is 5. The van der Waals surface area contributed by atoms with E-state index < -0.39 is 4.92 Å². The van der Waals surface area contributed by atoms with Gasteiger partial charge in [0, 0.05) is 31.1 Å². The van der Waals surface area contributed by atoms with E-state index in [9.17, 15) is 14.9 Å². The molecule has 1 amide bonds. The van der Waals surface area contributed by atoms with Gasteiger partial charge in [-0.05, 0) is 18.8 Å². The number of benzene rings is 1. The molecule has 0 saturated heterocycles. The number of carbonyl (C=O) groups is 1. The Morgan fingerprint density at radius 1 is 1.36 bits per heavy atom. The van der Waals surface area contributed by atoms with E-state index in [2.05, 4.69) is 0 Å². The van der Waals surface area contributed by atoms with E-state index in [1.165, 1.54) is 6.07 Å². The lowest BCUT2D eigenvalue weighted by Crippen LogP contribution is -2.37. The van der Waals surface area contributed by atoms with Crippen molar-refractivity contribution in [1.82, 2.24) is 4.90 Å². The van der Waals surface area contributed by atoms with Crippen LogP contribution < -0.4 is 5.73 Å². The van der Waals surface area contributed by atoms with Crippen LogP contribution in [0.25, 0.3) is 0 Å². The number of para-hydroxylation sites is 1. The van der Waals surface area contributed by atoms with Gasteiger partial charge in [-0.15, -0.1) is 0 Å². The van der Waals surface area contributed by atoms with E-state index in [1.807, 2.05) is 0 Å². The standard InChI is InChI=1S/C16H23N3O3/c1-18(11-13-7-3-5-9-15(13)19(21)22)16(20)10-12-6-2-4-8-14(12)17/h3,5,7,9,12,14H,2,4,6,8,10-11,17H2,1H3. The first-order chi connectivity index (χ1) is 10.5. The molecule has 0 aromatic heterocycles. The summed E-state index contributed by atoms with van der Waals surface area (Å²) in [7, 11) is 1.69. The van der Waals surface area contributed by atoms with Crippen molar-refractivity contribution in [2.75, 3.05) is 7.05 Å². The molecule has 2 atom stereocenters. The quantitative estimate of drug-likeness (QED) is 0.668. The molecule has 0 radical (unpaired) electrons. The number of carbonyl (C=O) groups excluding carboxylic acids is 1. The van der Waals surface area contributed by atoms with Crippen molar-refractivity contribution >= 4 is 11.6 Å². The molecule has 2 rings (SSSR count). The Morgan fingerprint density at radius 3 is 2.73 bits per heavy atom. The van der Waals surface area contributed by atoms with Gasteiger partial charge in [-0.1, -0.05) is 31.0 Å². The van der Waals surface area contributed by atoms with Gasteiger partial charge in [0.2, 0.25) is 5.91 Å². The zero-order valence-corrected chi connectivity index (χ0v) is 12.9. The summed E-state index contributed by atoms with van der Waals surface area (Å²) in [6, 6.07) is 6.62. The summed E-state index contributed by atoms with van der Waals surface area (Å²) in [4.78, 5) is 24.5. The molecule has 6 heteroatoms. The molecule has 1 aliphatic rings. The van der Waals surface area contributed by atoms with Gasteiger partial charge in [-0.3, -0.25) is 14.9 Å². The molecule has 120 valence electrons. The molecular formula is C16H23N3O3. The summed E-state index contributed by atoms with van der Waals surface area (Å²) in [6.07, 6.45) is 4.66. The number of nitrogens with zero attached hydrogens (tertiary/aromatic N) is 2. The monoisotopic (exact) mass is 305 g/mol. The van der Waals surface area contributed by atoms with Gasteiger partial charge in [0.1, 0.15) is 0 Å². The van der Waals surface area contributed by atoms with Crippen LogP contribution in [-0.4, -0.2) is 28.8 Å². The topological polar surface area (TPSA) is 89.5 Å². The van der Waals surface area contributed by atoms with E-state index >= 15 is 0 Å². The summed E-state index contributed by atoms with van der Waals surface area (Å²) in [5, 5.41) is 11.0. The molecule has 2 N–H and O–H groups in total. The second kappa shape index (κ2) is 7.35. The second-order valence-corrected chi connectivity index (χ2v) is 6.05. The van der Waals surface area contributed by atoms with E-state index in [0.29, 0.717) is 12.0 Å². The first-order valence-corrected chi connectivity index (χ1v) is 7.71. The lowest BCUT2D eigenvalue weighted by atomic mass is 9.83. The molecule has 1 aliphatic carbocycles. The normalized spacial score (nSPS) is 21.4. The van der Waals surface area contributed by atoms with Crippen molar-refractivity contribution in [3.05, 3.63) is 39.9 Å². The number of nitro groups is 1. The van der Waals surface area contributed by atoms with E-state index in [0.717, 1.165) is 25.7 Å². The third-order valence-electron chi connectivity index (χ3n) is 4.43. The number of nitro benzene ring substituents is 1. The smallest absolute Gasteiger partial charge is 0.274 e. The van der Waals surface area contributed by atoms with Crippen molar-refractivity contribution in [3.63, 3.8) is 0 Å². The summed E-state index contributed by atoms with van der Waals surface area (Å²) in [5.41, 5.74) is 6.69. The molecular weight excluding hydrogens is 282 g/mol. The molecule has 2 unspecified atom stereocenters. The van der Waals surface area contributed by atoms with E-state index in [4.69, 9.17) is 5.73 Å². The highest BCUT2D eigenvalue weighted by Gasteiger charge is 2.26. The number of nitrogens with two attached hydrogens (primary N) is 1. The highest BCUT2D eigenvalue weighted by molar-refractivity contribution is 5.76. The average Bonchev–Trinajstić information content (AvgIpc) is 2.49. The van der Waals surface area contributed by atoms with Crippen molar-refractivity contribution < 1.29 is 9.72 Å². The third kappa shape index (κ3) is 4.04. The summed E-state index contributed by atoms with van der Waals surface area (Å²) in [5.74, 6) is 0.231. The number of hydrogen-bond acceptors (Lipinski definition) is 4. The fraction of sp³-hybridized carbons (Fsp3) is 0.562. The Balaban J connectivity index is 1.98. The zero-order chi connectivity index (χ0) is 16.1. The maximum Gasteiger partial charge on any atom is 0.274 e. The maximum absolute atomic E-state index is 12.3. The van der Waals surface area contributed by atoms with Crippen LogP contribution in [0, 0.1) is 16.0 Å². The van der Waals surface area contributed by atoms with Crippen LogP contribution in [0.1, 0.15) is 37.7 Å². The van der Waals surface area contributed by atoms with Gasteiger partial charge in [0.25, 0.3) is 5.69 Å².